The molecule has 16 heteroatoms. The number of nitrogens with one attached hydrogen (secondary N) is 2. The lowest BCUT2D eigenvalue weighted by Gasteiger charge is -2.50. The van der Waals surface area contributed by atoms with Crippen molar-refractivity contribution in [3.63, 3.8) is 0 Å². The molecule has 9 aromatic rings. The van der Waals surface area contributed by atoms with Crippen molar-refractivity contribution in [2.45, 2.75) is 35.7 Å². The van der Waals surface area contributed by atoms with Gasteiger partial charge in [-0.15, -0.1) is 23.1 Å². The summed E-state index contributed by atoms with van der Waals surface area (Å²) in [5.41, 5.74) is 3.89. The number of thioether (sulfide) groups is 1. The van der Waals surface area contributed by atoms with Gasteiger partial charge >= 0.3 is 5.97 Å². The van der Waals surface area contributed by atoms with Crippen molar-refractivity contribution >= 4 is 68.6 Å². The van der Waals surface area contributed by atoms with Gasteiger partial charge in [-0.05, 0) is 52.1 Å². The molecule has 3 atom stereocenters. The molecule has 2 aliphatic heterocycles. The number of anilines is 1. The minimum atomic E-state index is -1.63. The zero-order chi connectivity index (χ0) is 52.0. The molecule has 0 saturated carbocycles. The Morgan fingerprint density at radius 1 is 0.763 bits per heavy atom. The van der Waals surface area contributed by atoms with E-state index in [9.17, 15) is 24.3 Å². The third-order valence-electron chi connectivity index (χ3n) is 13.3. The topological polar surface area (TPSA) is 179 Å². The summed E-state index contributed by atoms with van der Waals surface area (Å²) < 4.78 is 13.9. The predicted octanol–water partition coefficient (Wildman–Crippen LogP) is 8.48. The van der Waals surface area contributed by atoms with E-state index in [0.717, 1.165) is 27.6 Å². The fourth-order valence-electron chi connectivity index (χ4n) is 9.67. The Hall–Kier alpha value is -9.12. The largest absolute Gasteiger partial charge is 0.543 e. The molecule has 11 rings (SSSR count). The number of ether oxygens (including phenoxy) is 1. The molecule has 0 spiro atoms. The molecular weight excluding hydrogens is 997 g/mol. The van der Waals surface area contributed by atoms with Crippen LogP contribution in [0.1, 0.15) is 51.5 Å². The number of benzene rings is 6. The molecule has 0 aliphatic carbocycles. The van der Waals surface area contributed by atoms with Crippen LogP contribution in [-0.2, 0) is 40.8 Å². The predicted molar refractivity (Wildman–Crippen MR) is 286 cm³/mol. The number of fused-ring (bicyclic) bond motifs is 2. The van der Waals surface area contributed by atoms with Gasteiger partial charge in [0.2, 0.25) is 5.52 Å². The number of nitrogens with zero attached hydrogens (tertiary/aromatic N) is 4. The van der Waals surface area contributed by atoms with Crippen molar-refractivity contribution in [2.75, 3.05) is 11.1 Å². The number of aliphatic carboxylic acids is 1. The summed E-state index contributed by atoms with van der Waals surface area (Å²) in [6, 6.07) is 61.7. The Kier molecular flexibility index (Phi) is 14.1. The first-order valence-electron chi connectivity index (χ1n) is 24.3. The maximum absolute atomic E-state index is 14.9. The van der Waals surface area contributed by atoms with E-state index in [1.165, 1.54) is 40.3 Å². The lowest BCUT2D eigenvalue weighted by atomic mass is 9.77. The molecule has 1 saturated heterocycles. The van der Waals surface area contributed by atoms with Gasteiger partial charge in [-0.1, -0.05) is 169 Å². The van der Waals surface area contributed by atoms with E-state index in [1.807, 2.05) is 199 Å². The Morgan fingerprint density at radius 2 is 1.34 bits per heavy atom. The van der Waals surface area contributed by atoms with E-state index in [-0.39, 0.29) is 29.4 Å². The smallest absolute Gasteiger partial charge is 0.359 e. The molecule has 2 amide bonds. The van der Waals surface area contributed by atoms with Gasteiger partial charge in [0.1, 0.15) is 22.6 Å². The van der Waals surface area contributed by atoms with Gasteiger partial charge in [0.05, 0.1) is 17.9 Å². The number of aromatic nitrogens is 2. The number of para-hydroxylation sites is 1. The van der Waals surface area contributed by atoms with Crippen LogP contribution in [0.2, 0.25) is 0 Å². The van der Waals surface area contributed by atoms with Crippen LogP contribution in [0.3, 0.4) is 0 Å². The molecule has 2 aliphatic rings. The first-order chi connectivity index (χ1) is 37.3. The maximum Gasteiger partial charge on any atom is 0.359 e. The first-order valence-corrected chi connectivity index (χ1v) is 26.2. The molecule has 376 valence electrons. The van der Waals surface area contributed by atoms with Crippen molar-refractivity contribution in [2.24, 2.45) is 5.16 Å². The second-order valence-corrected chi connectivity index (χ2v) is 19.8. The highest BCUT2D eigenvalue weighted by atomic mass is 32.2. The molecule has 2 N–H and O–H groups in total. The number of carbonyl (C=O) groups excluding carboxylic acids is 4. The summed E-state index contributed by atoms with van der Waals surface area (Å²) in [5.74, 6) is -3.66. The fraction of sp³-hybridized carbons (Fsp3) is 0.117. The van der Waals surface area contributed by atoms with Gasteiger partial charge < -0.3 is 34.5 Å². The number of amides is 2. The fourth-order valence-corrected chi connectivity index (χ4v) is 11.8. The maximum atomic E-state index is 14.9. The van der Waals surface area contributed by atoms with Gasteiger partial charge in [-0.25, -0.2) is 9.78 Å². The highest BCUT2D eigenvalue weighted by Gasteiger charge is 2.54. The standard InChI is InChI=1S/C60H46N6O8S2/c67-54(62-50-55(68)66-51(57(69)70)42(37-75-56(50)66)36-65-34-18-25-39-20-16-17-32-47(39)65)49(64-74-53(48-33-19-35-72-48)58(71)73-52(40-21-6-1-7-22-40)41-23-8-2-9-24-41)46-38-76-59(61-46)63-60(43-26-10-3-11-27-43,44-28-12-4-13-29-44)45-30-14-5-15-31-45/h1-35,38,50,52-53,56H,36-37H2,(H2-,61,62,63,67,69,70)/b64-49-/t50-,53+,56-/m1/s1. The number of carboxylic acid groups (broad SMARTS) is 1. The summed E-state index contributed by atoms with van der Waals surface area (Å²) in [6.07, 6.45) is 0.736. The first kappa shape index (κ1) is 49.1. The number of esters is 1. The number of oxime groups is 1. The van der Waals surface area contributed by atoms with Crippen LogP contribution in [0.4, 0.5) is 5.13 Å². The number of β-lactam (4-membered cyclic amide) rings is 1. The lowest BCUT2D eigenvalue weighted by molar-refractivity contribution is -0.663. The second kappa shape index (κ2) is 21.8. The number of thiazole rings is 1. The Bertz CT molecular complexity index is 3460. The number of furan rings is 1. The zero-order valence-electron chi connectivity index (χ0n) is 40.4. The molecule has 0 bridgehead atoms. The molecule has 5 heterocycles. The quantitative estimate of drug-likeness (QED) is 0.0210. The van der Waals surface area contributed by atoms with Crippen molar-refractivity contribution in [3.8, 4) is 0 Å². The highest BCUT2D eigenvalue weighted by molar-refractivity contribution is 8.00. The Morgan fingerprint density at radius 3 is 1.93 bits per heavy atom. The van der Waals surface area contributed by atoms with Crippen LogP contribution in [0.5, 0.6) is 0 Å². The monoisotopic (exact) mass is 1040 g/mol. The normalized spacial score (nSPS) is 15.9. The summed E-state index contributed by atoms with van der Waals surface area (Å²) in [4.78, 5) is 68.8. The molecule has 3 aromatic heterocycles. The highest BCUT2D eigenvalue weighted by Crippen LogP contribution is 2.42. The summed E-state index contributed by atoms with van der Waals surface area (Å²) >= 11 is 2.52. The van der Waals surface area contributed by atoms with Crippen LogP contribution in [0.15, 0.2) is 239 Å². The third-order valence-corrected chi connectivity index (χ3v) is 15.4. The van der Waals surface area contributed by atoms with Gasteiger partial charge in [0, 0.05) is 34.2 Å². The van der Waals surface area contributed by atoms with E-state index >= 15 is 0 Å². The molecule has 0 radical (unpaired) electrons. The van der Waals surface area contributed by atoms with Crippen molar-refractivity contribution < 1.29 is 42.8 Å². The van der Waals surface area contributed by atoms with Gasteiger partial charge in [0.25, 0.3) is 17.9 Å². The van der Waals surface area contributed by atoms with Gasteiger partial charge in [0.15, 0.2) is 35.4 Å². The Balaban J connectivity index is 0.945. The van der Waals surface area contributed by atoms with E-state index in [0.29, 0.717) is 21.8 Å². The van der Waals surface area contributed by atoms with E-state index in [4.69, 9.17) is 19.0 Å². The number of hydrogen-bond donors (Lipinski definition) is 2. The minimum Gasteiger partial charge on any atom is -0.543 e. The number of carbonyl (C=O) groups is 4. The van der Waals surface area contributed by atoms with Crippen LogP contribution in [-0.4, -0.2) is 56.5 Å². The average molecular weight is 1040 g/mol. The van der Waals surface area contributed by atoms with Crippen LogP contribution < -0.4 is 20.3 Å². The van der Waals surface area contributed by atoms with Gasteiger partial charge in [-0.2, -0.15) is 4.57 Å². The van der Waals surface area contributed by atoms with Crippen molar-refractivity contribution in [3.05, 3.63) is 269 Å². The second-order valence-electron chi connectivity index (χ2n) is 17.9. The lowest BCUT2D eigenvalue weighted by Crippen LogP contribution is -2.71. The number of pyridine rings is 1. The molecule has 76 heavy (non-hydrogen) atoms. The van der Waals surface area contributed by atoms with E-state index < -0.39 is 58.6 Å². The van der Waals surface area contributed by atoms with Gasteiger partial charge in [-0.3, -0.25) is 14.5 Å². The summed E-state index contributed by atoms with van der Waals surface area (Å²) in [6.45, 7) is 0.191. The molecule has 0 unspecified atom stereocenters. The van der Waals surface area contributed by atoms with Crippen LogP contribution in [0.25, 0.3) is 10.9 Å². The van der Waals surface area contributed by atoms with E-state index in [1.54, 1.807) is 11.4 Å². The molecule has 6 aromatic carbocycles. The SMILES string of the molecule is O=C([O-])C1=C(C[n+]2cccc3ccccc32)CS[C@@H]2[C@H](NC(=O)/C(=N\O[C@H](C(=O)OC(c3ccccc3)c3ccccc3)c3ccco3)c3csc(NC(c4ccccc4)(c4ccccc4)c4ccccc4)n3)C(=O)N12. The molecular formula is C60H46N6O8S2. The molecule has 14 nitrogen and oxygen atoms in total. The number of carboxylic acids is 1. The van der Waals surface area contributed by atoms with Crippen LogP contribution in [0, 0.1) is 0 Å². The minimum absolute atomic E-state index is 0.0369. The van der Waals surface area contributed by atoms with Crippen LogP contribution >= 0.6 is 23.1 Å². The summed E-state index contributed by atoms with van der Waals surface area (Å²) in [5, 5.41) is 26.0. The van der Waals surface area contributed by atoms with Crippen molar-refractivity contribution in [1.29, 1.82) is 0 Å². The zero-order valence-corrected chi connectivity index (χ0v) is 42.0. The van der Waals surface area contributed by atoms with Crippen molar-refractivity contribution in [1.82, 2.24) is 15.2 Å². The third kappa shape index (κ3) is 9.74. The number of rotatable bonds is 18. The Labute approximate surface area is 445 Å². The van der Waals surface area contributed by atoms with E-state index in [2.05, 4.69) is 15.8 Å². The summed E-state index contributed by atoms with van der Waals surface area (Å²) in [7, 11) is 0. The average Bonchev–Trinajstić information content (AvgIpc) is 4.26. The number of hydrogen-bond acceptors (Lipinski definition) is 13. The molecule has 1 fully saturated rings.